The van der Waals surface area contributed by atoms with E-state index in [1.807, 2.05) is 36.4 Å². The van der Waals surface area contributed by atoms with Gasteiger partial charge >= 0.3 is 0 Å². The molecule has 0 aliphatic heterocycles. The van der Waals surface area contributed by atoms with Crippen molar-refractivity contribution in [2.75, 3.05) is 11.9 Å². The lowest BCUT2D eigenvalue weighted by molar-refractivity contribution is -0.123. The Morgan fingerprint density at radius 3 is 2.62 bits per heavy atom. The third kappa shape index (κ3) is 5.72. The van der Waals surface area contributed by atoms with Crippen molar-refractivity contribution in [3.8, 4) is 0 Å². The SMILES string of the molecule is O=C(Cc1ccccc1)NCC(=O)Nc1cc(CC2CCCCC2)[nH]n1. The molecule has 6 heteroatoms. The monoisotopic (exact) mass is 354 g/mol. The van der Waals surface area contributed by atoms with E-state index in [-0.39, 0.29) is 24.8 Å². The Bertz CT molecular complexity index is 720. The zero-order valence-electron chi connectivity index (χ0n) is 15.0. The van der Waals surface area contributed by atoms with Crippen LogP contribution in [0.4, 0.5) is 5.82 Å². The van der Waals surface area contributed by atoms with Crippen molar-refractivity contribution in [1.82, 2.24) is 15.5 Å². The highest BCUT2D eigenvalue weighted by Gasteiger charge is 2.15. The summed E-state index contributed by atoms with van der Waals surface area (Å²) in [7, 11) is 0. The van der Waals surface area contributed by atoms with E-state index in [1.54, 1.807) is 0 Å². The van der Waals surface area contributed by atoms with Crippen LogP contribution in [0.3, 0.4) is 0 Å². The summed E-state index contributed by atoms with van der Waals surface area (Å²) < 4.78 is 0. The molecule has 1 fully saturated rings. The molecule has 2 amide bonds. The number of nitrogens with zero attached hydrogens (tertiary/aromatic N) is 1. The lowest BCUT2D eigenvalue weighted by atomic mass is 9.86. The lowest BCUT2D eigenvalue weighted by Crippen LogP contribution is -2.33. The van der Waals surface area contributed by atoms with Crippen LogP contribution in [0.2, 0.25) is 0 Å². The smallest absolute Gasteiger partial charge is 0.244 e. The van der Waals surface area contributed by atoms with Crippen molar-refractivity contribution in [3.05, 3.63) is 47.7 Å². The summed E-state index contributed by atoms with van der Waals surface area (Å²) in [5, 5.41) is 12.5. The maximum Gasteiger partial charge on any atom is 0.244 e. The lowest BCUT2D eigenvalue weighted by Gasteiger charge is -2.20. The summed E-state index contributed by atoms with van der Waals surface area (Å²) in [5.74, 6) is 0.775. The van der Waals surface area contributed by atoms with Gasteiger partial charge in [0.15, 0.2) is 5.82 Å². The van der Waals surface area contributed by atoms with Gasteiger partial charge in [0, 0.05) is 11.8 Å². The van der Waals surface area contributed by atoms with Crippen LogP contribution in [0, 0.1) is 5.92 Å². The Hall–Kier alpha value is -2.63. The molecule has 26 heavy (non-hydrogen) atoms. The van der Waals surface area contributed by atoms with E-state index in [4.69, 9.17) is 0 Å². The Labute approximate surface area is 153 Å². The maximum absolute atomic E-state index is 12.0. The van der Waals surface area contributed by atoms with Gasteiger partial charge in [-0.1, -0.05) is 62.4 Å². The standard InChI is InChI=1S/C20H26N4O2/c25-19(12-16-9-5-2-6-10-16)21-14-20(26)22-18-13-17(23-24-18)11-15-7-3-1-4-8-15/h2,5-6,9-10,13,15H,1,3-4,7-8,11-12,14H2,(H,21,25)(H2,22,23,24,26). The zero-order valence-corrected chi connectivity index (χ0v) is 15.0. The number of carbonyl (C=O) groups is 2. The van der Waals surface area contributed by atoms with Gasteiger partial charge in [0.2, 0.25) is 11.8 Å². The second kappa shape index (κ2) is 9.17. The molecule has 1 aromatic carbocycles. The summed E-state index contributed by atoms with van der Waals surface area (Å²) in [6.45, 7) is -0.0590. The normalized spacial score (nSPS) is 14.8. The molecule has 0 unspecified atom stereocenters. The number of hydrogen-bond acceptors (Lipinski definition) is 3. The molecule has 2 aromatic rings. The van der Waals surface area contributed by atoms with Crippen LogP contribution in [0.1, 0.15) is 43.4 Å². The van der Waals surface area contributed by atoms with Crippen LogP contribution in [-0.4, -0.2) is 28.6 Å². The summed E-state index contributed by atoms with van der Waals surface area (Å²) in [6, 6.07) is 11.3. The fourth-order valence-electron chi connectivity index (χ4n) is 3.44. The number of rotatable bonds is 7. The molecule has 3 N–H and O–H groups in total. The molecule has 138 valence electrons. The number of amides is 2. The minimum absolute atomic E-state index is 0.0590. The molecule has 1 aliphatic rings. The molecule has 1 saturated carbocycles. The van der Waals surface area contributed by atoms with Crippen LogP contribution in [0.25, 0.3) is 0 Å². The molecule has 0 saturated heterocycles. The van der Waals surface area contributed by atoms with Gasteiger partial charge in [-0.2, -0.15) is 5.10 Å². The molecule has 1 aromatic heterocycles. The minimum Gasteiger partial charge on any atom is -0.347 e. The van der Waals surface area contributed by atoms with Crippen molar-refractivity contribution in [3.63, 3.8) is 0 Å². The maximum atomic E-state index is 12.0. The van der Waals surface area contributed by atoms with Gasteiger partial charge in [-0.05, 0) is 17.9 Å². The number of carbonyl (C=O) groups excluding carboxylic acids is 2. The molecular formula is C20H26N4O2. The van der Waals surface area contributed by atoms with Crippen LogP contribution >= 0.6 is 0 Å². The highest BCUT2D eigenvalue weighted by Crippen LogP contribution is 2.26. The van der Waals surface area contributed by atoms with Gasteiger partial charge in [0.05, 0.1) is 13.0 Å². The molecule has 0 radical (unpaired) electrons. The van der Waals surface area contributed by atoms with Gasteiger partial charge in [-0.3, -0.25) is 14.7 Å². The molecule has 0 atom stereocenters. The van der Waals surface area contributed by atoms with Crippen LogP contribution in [0.5, 0.6) is 0 Å². The average molecular weight is 354 g/mol. The number of benzene rings is 1. The van der Waals surface area contributed by atoms with Gasteiger partial charge in [0.25, 0.3) is 0 Å². The van der Waals surface area contributed by atoms with Crippen molar-refractivity contribution >= 4 is 17.6 Å². The van der Waals surface area contributed by atoms with Crippen LogP contribution in [0.15, 0.2) is 36.4 Å². The van der Waals surface area contributed by atoms with Gasteiger partial charge < -0.3 is 10.6 Å². The van der Waals surface area contributed by atoms with E-state index in [0.717, 1.165) is 17.7 Å². The summed E-state index contributed by atoms with van der Waals surface area (Å²) in [6.07, 6.45) is 7.76. The largest absolute Gasteiger partial charge is 0.347 e. The highest BCUT2D eigenvalue weighted by molar-refractivity contribution is 5.94. The molecule has 0 bridgehead atoms. The topological polar surface area (TPSA) is 86.9 Å². The van der Waals surface area contributed by atoms with Gasteiger partial charge in [-0.15, -0.1) is 0 Å². The number of aromatic amines is 1. The number of anilines is 1. The number of H-pyrrole nitrogens is 1. The Morgan fingerprint density at radius 2 is 1.85 bits per heavy atom. The Kier molecular flexibility index (Phi) is 6.41. The number of aromatic nitrogens is 2. The van der Waals surface area contributed by atoms with E-state index < -0.39 is 0 Å². The third-order valence-electron chi connectivity index (χ3n) is 4.79. The molecule has 1 heterocycles. The number of hydrogen-bond donors (Lipinski definition) is 3. The first-order valence-electron chi connectivity index (χ1n) is 9.34. The third-order valence-corrected chi connectivity index (χ3v) is 4.79. The first-order valence-corrected chi connectivity index (χ1v) is 9.34. The van der Waals surface area contributed by atoms with Gasteiger partial charge in [0.1, 0.15) is 0 Å². The van der Waals surface area contributed by atoms with E-state index >= 15 is 0 Å². The average Bonchev–Trinajstić information content (AvgIpc) is 3.08. The second-order valence-electron chi connectivity index (χ2n) is 6.97. The molecule has 1 aliphatic carbocycles. The van der Waals surface area contributed by atoms with E-state index in [2.05, 4.69) is 20.8 Å². The Morgan fingerprint density at radius 1 is 1.08 bits per heavy atom. The molecule has 6 nitrogen and oxygen atoms in total. The van der Waals surface area contributed by atoms with E-state index in [0.29, 0.717) is 11.7 Å². The predicted octanol–water partition coefficient (Wildman–Crippen LogP) is 2.83. The number of nitrogens with one attached hydrogen (secondary N) is 3. The zero-order chi connectivity index (χ0) is 18.2. The molecule has 3 rings (SSSR count). The van der Waals surface area contributed by atoms with Crippen LogP contribution in [-0.2, 0) is 22.4 Å². The Balaban J connectivity index is 1.39. The molecule has 0 spiro atoms. The van der Waals surface area contributed by atoms with Crippen molar-refractivity contribution in [2.45, 2.75) is 44.9 Å². The summed E-state index contributed by atoms with van der Waals surface area (Å²) in [5.41, 5.74) is 1.98. The summed E-state index contributed by atoms with van der Waals surface area (Å²) >= 11 is 0. The highest BCUT2D eigenvalue weighted by atomic mass is 16.2. The van der Waals surface area contributed by atoms with Crippen LogP contribution < -0.4 is 10.6 Å². The second-order valence-corrected chi connectivity index (χ2v) is 6.97. The first kappa shape index (κ1) is 18.2. The van der Waals surface area contributed by atoms with Crippen molar-refractivity contribution < 1.29 is 9.59 Å². The van der Waals surface area contributed by atoms with Crippen molar-refractivity contribution in [2.24, 2.45) is 5.92 Å². The quantitative estimate of drug-likeness (QED) is 0.714. The first-order chi connectivity index (χ1) is 12.7. The summed E-state index contributed by atoms with van der Waals surface area (Å²) in [4.78, 5) is 23.9. The van der Waals surface area contributed by atoms with Crippen molar-refractivity contribution in [1.29, 1.82) is 0 Å². The van der Waals surface area contributed by atoms with E-state index in [1.165, 1.54) is 32.1 Å². The fraction of sp³-hybridized carbons (Fsp3) is 0.450. The fourth-order valence-corrected chi connectivity index (χ4v) is 3.44. The minimum atomic E-state index is -0.276. The van der Waals surface area contributed by atoms with E-state index in [9.17, 15) is 9.59 Å². The predicted molar refractivity (Wildman–Crippen MR) is 101 cm³/mol. The van der Waals surface area contributed by atoms with Gasteiger partial charge in [-0.25, -0.2) is 0 Å². The molecular weight excluding hydrogens is 328 g/mol.